The zero-order chi connectivity index (χ0) is 12.3. The molecule has 0 radical (unpaired) electrons. The third kappa shape index (κ3) is 2.97. The first-order chi connectivity index (χ1) is 7.39. The molecule has 1 aliphatic heterocycles. The van der Waals surface area contributed by atoms with E-state index in [4.69, 9.17) is 5.73 Å². The molecule has 0 aromatic rings. The standard InChI is InChI=1S/C13H26N2O/c1-5-13(4)6-8-15(9-7-13)12(16)11(14)10(2)3/h10-11H,5-9,14H2,1-4H3/t11-/m0/s1. The fraction of sp³-hybridized carbons (Fsp3) is 0.923. The van der Waals surface area contributed by atoms with Gasteiger partial charge in [0.05, 0.1) is 6.04 Å². The summed E-state index contributed by atoms with van der Waals surface area (Å²) in [5.41, 5.74) is 6.33. The number of piperidine rings is 1. The van der Waals surface area contributed by atoms with Gasteiger partial charge in [-0.25, -0.2) is 0 Å². The molecule has 1 fully saturated rings. The molecule has 0 aromatic heterocycles. The Morgan fingerprint density at radius 1 is 1.38 bits per heavy atom. The predicted octanol–water partition coefficient (Wildman–Crippen LogP) is 2.01. The number of likely N-dealkylation sites (tertiary alicyclic amines) is 1. The molecule has 1 atom stereocenters. The van der Waals surface area contributed by atoms with Crippen LogP contribution in [0.2, 0.25) is 0 Å². The maximum absolute atomic E-state index is 12.0. The lowest BCUT2D eigenvalue weighted by Crippen LogP contribution is -2.50. The monoisotopic (exact) mass is 226 g/mol. The first-order valence-electron chi connectivity index (χ1n) is 6.44. The Bertz CT molecular complexity index is 242. The minimum absolute atomic E-state index is 0.133. The lowest BCUT2D eigenvalue weighted by Gasteiger charge is -2.40. The van der Waals surface area contributed by atoms with E-state index in [1.807, 2.05) is 18.7 Å². The summed E-state index contributed by atoms with van der Waals surface area (Å²) in [6.07, 6.45) is 3.42. The fourth-order valence-corrected chi connectivity index (χ4v) is 2.12. The molecule has 1 amide bonds. The number of carbonyl (C=O) groups excluding carboxylic acids is 1. The molecule has 0 aromatic carbocycles. The van der Waals surface area contributed by atoms with E-state index in [1.165, 1.54) is 6.42 Å². The van der Waals surface area contributed by atoms with Crippen molar-refractivity contribution in [1.29, 1.82) is 0 Å². The van der Waals surface area contributed by atoms with Gasteiger partial charge < -0.3 is 10.6 Å². The second kappa shape index (κ2) is 5.17. The van der Waals surface area contributed by atoms with Crippen LogP contribution in [0.5, 0.6) is 0 Å². The molecule has 94 valence electrons. The smallest absolute Gasteiger partial charge is 0.239 e. The molecule has 0 spiro atoms. The molecule has 1 rings (SSSR count). The summed E-state index contributed by atoms with van der Waals surface area (Å²) < 4.78 is 0. The van der Waals surface area contributed by atoms with Crippen molar-refractivity contribution in [3.63, 3.8) is 0 Å². The van der Waals surface area contributed by atoms with Crippen molar-refractivity contribution >= 4 is 5.91 Å². The van der Waals surface area contributed by atoms with E-state index in [1.54, 1.807) is 0 Å². The van der Waals surface area contributed by atoms with Crippen LogP contribution in [0, 0.1) is 11.3 Å². The lowest BCUT2D eigenvalue weighted by molar-refractivity contribution is -0.135. The van der Waals surface area contributed by atoms with Gasteiger partial charge in [0.25, 0.3) is 0 Å². The van der Waals surface area contributed by atoms with Crippen LogP contribution < -0.4 is 5.73 Å². The van der Waals surface area contributed by atoms with Crippen molar-refractivity contribution in [2.75, 3.05) is 13.1 Å². The Balaban J connectivity index is 2.51. The fourth-order valence-electron chi connectivity index (χ4n) is 2.12. The summed E-state index contributed by atoms with van der Waals surface area (Å²) in [5, 5.41) is 0. The Morgan fingerprint density at radius 2 is 1.88 bits per heavy atom. The van der Waals surface area contributed by atoms with Crippen molar-refractivity contribution in [3.8, 4) is 0 Å². The zero-order valence-corrected chi connectivity index (χ0v) is 11.1. The molecule has 0 bridgehead atoms. The van der Waals surface area contributed by atoms with Crippen LogP contribution in [0.1, 0.15) is 47.0 Å². The second-order valence-electron chi connectivity index (χ2n) is 5.76. The van der Waals surface area contributed by atoms with Crippen LogP contribution in [0.25, 0.3) is 0 Å². The van der Waals surface area contributed by atoms with Crippen LogP contribution in [0.3, 0.4) is 0 Å². The van der Waals surface area contributed by atoms with Crippen LogP contribution in [0.15, 0.2) is 0 Å². The summed E-state index contributed by atoms with van der Waals surface area (Å²) >= 11 is 0. The Kier molecular flexibility index (Phi) is 4.36. The number of hydrogen-bond acceptors (Lipinski definition) is 2. The average Bonchev–Trinajstić information content (AvgIpc) is 2.28. The molecule has 0 aliphatic carbocycles. The Labute approximate surface area is 99.4 Å². The van der Waals surface area contributed by atoms with Gasteiger partial charge in [0.1, 0.15) is 0 Å². The highest BCUT2D eigenvalue weighted by molar-refractivity contribution is 5.82. The van der Waals surface area contributed by atoms with E-state index in [0.717, 1.165) is 25.9 Å². The third-order valence-corrected chi connectivity index (χ3v) is 4.14. The van der Waals surface area contributed by atoms with E-state index >= 15 is 0 Å². The third-order valence-electron chi connectivity index (χ3n) is 4.14. The van der Waals surface area contributed by atoms with E-state index in [-0.39, 0.29) is 17.9 Å². The quantitative estimate of drug-likeness (QED) is 0.800. The van der Waals surface area contributed by atoms with Crippen LogP contribution in [-0.2, 0) is 4.79 Å². The van der Waals surface area contributed by atoms with Gasteiger partial charge in [0.15, 0.2) is 0 Å². The van der Waals surface area contributed by atoms with Gasteiger partial charge in [-0.2, -0.15) is 0 Å². The van der Waals surface area contributed by atoms with Gasteiger partial charge in [0, 0.05) is 13.1 Å². The molecule has 1 aliphatic rings. The summed E-state index contributed by atoms with van der Waals surface area (Å²) in [6, 6.07) is -0.328. The first-order valence-corrected chi connectivity index (χ1v) is 6.44. The molecular formula is C13H26N2O. The summed E-state index contributed by atoms with van der Waals surface area (Å²) in [6.45, 7) is 10.3. The van der Waals surface area contributed by atoms with Gasteiger partial charge in [-0.1, -0.05) is 34.1 Å². The number of nitrogens with two attached hydrogens (primary N) is 1. The highest BCUT2D eigenvalue weighted by Gasteiger charge is 2.32. The first kappa shape index (κ1) is 13.5. The van der Waals surface area contributed by atoms with Crippen LogP contribution >= 0.6 is 0 Å². The van der Waals surface area contributed by atoms with E-state index < -0.39 is 0 Å². The van der Waals surface area contributed by atoms with E-state index in [2.05, 4.69) is 13.8 Å². The Morgan fingerprint density at radius 3 is 2.25 bits per heavy atom. The van der Waals surface area contributed by atoms with Crippen molar-refractivity contribution < 1.29 is 4.79 Å². The van der Waals surface area contributed by atoms with Gasteiger partial charge in [-0.3, -0.25) is 4.79 Å². The predicted molar refractivity (Wildman–Crippen MR) is 67.0 cm³/mol. The molecular weight excluding hydrogens is 200 g/mol. The molecule has 0 saturated carbocycles. The zero-order valence-electron chi connectivity index (χ0n) is 11.1. The van der Waals surface area contributed by atoms with Crippen molar-refractivity contribution in [2.45, 2.75) is 53.0 Å². The number of hydrogen-bond donors (Lipinski definition) is 1. The Hall–Kier alpha value is -0.570. The van der Waals surface area contributed by atoms with Crippen molar-refractivity contribution in [2.24, 2.45) is 17.1 Å². The molecule has 3 nitrogen and oxygen atoms in total. The van der Waals surface area contributed by atoms with Crippen molar-refractivity contribution in [1.82, 2.24) is 4.90 Å². The minimum atomic E-state index is -0.328. The average molecular weight is 226 g/mol. The number of carbonyl (C=O) groups is 1. The van der Waals surface area contributed by atoms with Crippen LogP contribution in [0.4, 0.5) is 0 Å². The highest BCUT2D eigenvalue weighted by Crippen LogP contribution is 2.34. The van der Waals surface area contributed by atoms with Gasteiger partial charge in [-0.15, -0.1) is 0 Å². The molecule has 16 heavy (non-hydrogen) atoms. The van der Waals surface area contributed by atoms with Gasteiger partial charge in [-0.05, 0) is 24.2 Å². The lowest BCUT2D eigenvalue weighted by atomic mass is 9.78. The van der Waals surface area contributed by atoms with Gasteiger partial charge >= 0.3 is 0 Å². The van der Waals surface area contributed by atoms with Crippen molar-refractivity contribution in [3.05, 3.63) is 0 Å². The molecule has 1 heterocycles. The van der Waals surface area contributed by atoms with Gasteiger partial charge in [0.2, 0.25) is 5.91 Å². The molecule has 3 heteroatoms. The van der Waals surface area contributed by atoms with E-state index in [9.17, 15) is 4.79 Å². The SMILES string of the molecule is CCC1(C)CCN(C(=O)[C@@H](N)C(C)C)CC1. The topological polar surface area (TPSA) is 46.3 Å². The summed E-state index contributed by atoms with van der Waals surface area (Å²) in [4.78, 5) is 14.0. The molecule has 1 saturated heterocycles. The summed E-state index contributed by atoms with van der Waals surface area (Å²) in [5.74, 6) is 0.361. The maximum Gasteiger partial charge on any atom is 0.239 e. The second-order valence-corrected chi connectivity index (χ2v) is 5.76. The minimum Gasteiger partial charge on any atom is -0.341 e. The number of rotatable bonds is 3. The number of amides is 1. The van der Waals surface area contributed by atoms with Crippen LogP contribution in [-0.4, -0.2) is 29.9 Å². The normalized spacial score (nSPS) is 22.2. The summed E-state index contributed by atoms with van der Waals surface area (Å²) in [7, 11) is 0. The van der Waals surface area contributed by atoms with E-state index in [0.29, 0.717) is 5.41 Å². The molecule has 0 unspecified atom stereocenters. The largest absolute Gasteiger partial charge is 0.341 e. The maximum atomic E-state index is 12.0. The molecule has 2 N–H and O–H groups in total. The highest BCUT2D eigenvalue weighted by atomic mass is 16.2. The number of nitrogens with zero attached hydrogens (tertiary/aromatic N) is 1.